The van der Waals surface area contributed by atoms with Crippen molar-refractivity contribution in [3.05, 3.63) is 53.6 Å². The van der Waals surface area contributed by atoms with Crippen molar-refractivity contribution in [2.45, 2.75) is 13.8 Å². The summed E-state index contributed by atoms with van der Waals surface area (Å²) in [5, 5.41) is 3.74. The van der Waals surface area contributed by atoms with E-state index < -0.39 is 0 Å². The van der Waals surface area contributed by atoms with E-state index in [1.165, 1.54) is 5.69 Å². The zero-order chi connectivity index (χ0) is 19.2. The number of hydrogen-bond donors (Lipinski definition) is 1. The van der Waals surface area contributed by atoms with Crippen LogP contribution in [0.2, 0.25) is 5.02 Å². The number of nitrogens with one attached hydrogen (secondary N) is 1. The Morgan fingerprint density at radius 2 is 1.70 bits per heavy atom. The van der Waals surface area contributed by atoms with E-state index in [-0.39, 0.29) is 6.03 Å². The van der Waals surface area contributed by atoms with Crippen LogP contribution in [0.3, 0.4) is 0 Å². The number of benzene rings is 2. The summed E-state index contributed by atoms with van der Waals surface area (Å²) < 4.78 is 0. The van der Waals surface area contributed by atoms with Crippen molar-refractivity contribution in [1.82, 2.24) is 4.90 Å². The monoisotopic (exact) mass is 386 g/mol. The highest BCUT2D eigenvalue weighted by atomic mass is 35.5. The molecule has 1 aliphatic rings. The van der Waals surface area contributed by atoms with Crippen LogP contribution in [0.1, 0.15) is 13.8 Å². The molecule has 3 rings (SSSR count). The van der Waals surface area contributed by atoms with E-state index in [9.17, 15) is 4.79 Å². The first-order valence-corrected chi connectivity index (χ1v) is 9.90. The van der Waals surface area contributed by atoms with Crippen molar-refractivity contribution in [1.29, 1.82) is 0 Å². The van der Waals surface area contributed by atoms with Gasteiger partial charge in [0.1, 0.15) is 0 Å². The van der Waals surface area contributed by atoms with Crippen LogP contribution >= 0.6 is 11.6 Å². The Labute approximate surface area is 166 Å². The van der Waals surface area contributed by atoms with E-state index in [4.69, 9.17) is 11.6 Å². The lowest BCUT2D eigenvalue weighted by Gasteiger charge is -2.36. The smallest absolute Gasteiger partial charge is 0.321 e. The number of nitrogens with zero attached hydrogens (tertiary/aromatic N) is 3. The van der Waals surface area contributed by atoms with Crippen LogP contribution in [-0.4, -0.2) is 50.2 Å². The maximum Gasteiger partial charge on any atom is 0.321 e. The lowest BCUT2D eigenvalue weighted by Crippen LogP contribution is -2.50. The van der Waals surface area contributed by atoms with Crippen molar-refractivity contribution in [2.24, 2.45) is 0 Å². The van der Waals surface area contributed by atoms with Crippen molar-refractivity contribution in [3.8, 4) is 0 Å². The number of carbonyl (C=O) groups is 1. The Hall–Kier alpha value is -2.40. The minimum Gasteiger partial charge on any atom is -0.372 e. The number of carbonyl (C=O) groups excluding carboxylic acids is 1. The Morgan fingerprint density at radius 3 is 2.30 bits per heavy atom. The number of anilines is 3. The quantitative estimate of drug-likeness (QED) is 0.819. The summed E-state index contributed by atoms with van der Waals surface area (Å²) in [6.07, 6.45) is 0. The molecule has 0 radical (unpaired) electrons. The van der Waals surface area contributed by atoms with Gasteiger partial charge in [0.15, 0.2) is 0 Å². The summed E-state index contributed by atoms with van der Waals surface area (Å²) in [5.41, 5.74) is 3.11. The molecule has 144 valence electrons. The summed E-state index contributed by atoms with van der Waals surface area (Å²) in [7, 11) is 0. The standard InChI is InChI=1S/C21H27ClN4O/c1-3-24(4-2)19-10-8-18(9-11-19)23-21(27)26-14-12-25(13-15-26)20-7-5-6-17(22)16-20/h5-11,16H,3-4,12-15H2,1-2H3,(H,23,27). The second-order valence-electron chi connectivity index (χ2n) is 6.60. The fourth-order valence-electron chi connectivity index (χ4n) is 3.39. The second-order valence-corrected chi connectivity index (χ2v) is 7.04. The third-order valence-electron chi connectivity index (χ3n) is 4.99. The molecule has 1 saturated heterocycles. The van der Waals surface area contributed by atoms with Gasteiger partial charge in [-0.2, -0.15) is 0 Å². The molecule has 1 aliphatic heterocycles. The molecule has 1 N–H and O–H groups in total. The molecule has 0 bridgehead atoms. The van der Waals surface area contributed by atoms with Crippen molar-refractivity contribution in [3.63, 3.8) is 0 Å². The molecule has 2 amide bonds. The average molecular weight is 387 g/mol. The van der Waals surface area contributed by atoms with Crippen LogP contribution < -0.4 is 15.1 Å². The number of amides is 2. The predicted molar refractivity (Wildman–Crippen MR) is 114 cm³/mol. The van der Waals surface area contributed by atoms with Crippen LogP contribution in [0.4, 0.5) is 21.9 Å². The van der Waals surface area contributed by atoms with Gasteiger partial charge < -0.3 is 20.0 Å². The zero-order valence-electron chi connectivity index (χ0n) is 16.0. The fraction of sp³-hybridized carbons (Fsp3) is 0.381. The molecule has 2 aromatic carbocycles. The third-order valence-corrected chi connectivity index (χ3v) is 5.22. The minimum atomic E-state index is -0.0451. The van der Waals surface area contributed by atoms with Crippen LogP contribution in [0.5, 0.6) is 0 Å². The number of rotatable bonds is 5. The first-order chi connectivity index (χ1) is 13.1. The second kappa shape index (κ2) is 9.00. The molecule has 0 unspecified atom stereocenters. The van der Waals surface area contributed by atoms with Gasteiger partial charge in [-0.25, -0.2) is 4.79 Å². The number of halogens is 1. The predicted octanol–water partition coefficient (Wildman–Crippen LogP) is 4.54. The fourth-order valence-corrected chi connectivity index (χ4v) is 3.57. The Bertz CT molecular complexity index is 753. The maximum atomic E-state index is 12.6. The number of urea groups is 1. The maximum absolute atomic E-state index is 12.6. The van der Waals surface area contributed by atoms with Crippen molar-refractivity contribution < 1.29 is 4.79 Å². The Morgan fingerprint density at radius 1 is 1.04 bits per heavy atom. The van der Waals surface area contributed by atoms with Gasteiger partial charge in [-0.3, -0.25) is 0 Å². The van der Waals surface area contributed by atoms with Crippen LogP contribution in [-0.2, 0) is 0 Å². The normalized spacial score (nSPS) is 14.2. The van der Waals surface area contributed by atoms with E-state index in [2.05, 4.69) is 47.2 Å². The van der Waals surface area contributed by atoms with E-state index in [1.54, 1.807) is 0 Å². The molecule has 0 aromatic heterocycles. The van der Waals surface area contributed by atoms with Crippen LogP contribution in [0, 0.1) is 0 Å². The van der Waals surface area contributed by atoms with Gasteiger partial charge in [0.25, 0.3) is 0 Å². The topological polar surface area (TPSA) is 38.8 Å². The third kappa shape index (κ3) is 4.86. The minimum absolute atomic E-state index is 0.0451. The SMILES string of the molecule is CCN(CC)c1ccc(NC(=O)N2CCN(c3cccc(Cl)c3)CC2)cc1. The first kappa shape index (κ1) is 19.4. The molecular formula is C21H27ClN4O. The lowest BCUT2D eigenvalue weighted by molar-refractivity contribution is 0.208. The molecule has 0 atom stereocenters. The van der Waals surface area contributed by atoms with E-state index in [1.807, 2.05) is 35.2 Å². The highest BCUT2D eigenvalue weighted by Gasteiger charge is 2.21. The zero-order valence-corrected chi connectivity index (χ0v) is 16.7. The van der Waals surface area contributed by atoms with Gasteiger partial charge in [0.05, 0.1) is 0 Å². The largest absolute Gasteiger partial charge is 0.372 e. The summed E-state index contributed by atoms with van der Waals surface area (Å²) in [6, 6.07) is 15.9. The van der Waals surface area contributed by atoms with Gasteiger partial charge >= 0.3 is 6.03 Å². The first-order valence-electron chi connectivity index (χ1n) is 9.52. The van der Waals surface area contributed by atoms with Crippen LogP contribution in [0.25, 0.3) is 0 Å². The van der Waals surface area contributed by atoms with Gasteiger partial charge in [-0.1, -0.05) is 17.7 Å². The molecule has 2 aromatic rings. The molecule has 1 heterocycles. The van der Waals surface area contributed by atoms with E-state index in [0.29, 0.717) is 13.1 Å². The highest BCUT2D eigenvalue weighted by Crippen LogP contribution is 2.21. The van der Waals surface area contributed by atoms with Gasteiger partial charge in [-0.05, 0) is 56.3 Å². The Balaban J connectivity index is 1.53. The van der Waals surface area contributed by atoms with Gasteiger partial charge in [-0.15, -0.1) is 0 Å². The Kier molecular flexibility index (Phi) is 6.45. The highest BCUT2D eigenvalue weighted by molar-refractivity contribution is 6.30. The molecule has 5 nitrogen and oxygen atoms in total. The van der Waals surface area contributed by atoms with Gasteiger partial charge in [0, 0.05) is 61.4 Å². The number of hydrogen-bond acceptors (Lipinski definition) is 3. The van der Waals surface area contributed by atoms with E-state index in [0.717, 1.165) is 42.6 Å². The lowest BCUT2D eigenvalue weighted by atomic mass is 10.2. The van der Waals surface area contributed by atoms with Crippen LogP contribution in [0.15, 0.2) is 48.5 Å². The van der Waals surface area contributed by atoms with E-state index >= 15 is 0 Å². The van der Waals surface area contributed by atoms with Crippen molar-refractivity contribution >= 4 is 34.7 Å². The average Bonchev–Trinajstić information content (AvgIpc) is 2.70. The molecule has 6 heteroatoms. The summed E-state index contributed by atoms with van der Waals surface area (Å²) in [6.45, 7) is 9.21. The van der Waals surface area contributed by atoms with Crippen molar-refractivity contribution in [2.75, 3.05) is 54.4 Å². The molecule has 0 aliphatic carbocycles. The number of piperazine rings is 1. The molecule has 27 heavy (non-hydrogen) atoms. The summed E-state index contributed by atoms with van der Waals surface area (Å²) >= 11 is 6.08. The molecular weight excluding hydrogens is 360 g/mol. The van der Waals surface area contributed by atoms with Gasteiger partial charge in [0.2, 0.25) is 0 Å². The molecule has 0 saturated carbocycles. The molecule has 0 spiro atoms. The summed E-state index contributed by atoms with van der Waals surface area (Å²) in [4.78, 5) is 19.0. The molecule has 1 fully saturated rings. The summed E-state index contributed by atoms with van der Waals surface area (Å²) in [5.74, 6) is 0.